The van der Waals surface area contributed by atoms with Gasteiger partial charge in [-0.2, -0.15) is 0 Å². The molecule has 0 aromatic heterocycles. The molecule has 1 fully saturated rings. The molecule has 2 nitrogen and oxygen atoms in total. The van der Waals surface area contributed by atoms with E-state index in [1.807, 2.05) is 0 Å². The van der Waals surface area contributed by atoms with Gasteiger partial charge in [0.05, 0.1) is 5.60 Å². The van der Waals surface area contributed by atoms with Crippen LogP contribution in [0.4, 0.5) is 0 Å². The van der Waals surface area contributed by atoms with E-state index in [1.165, 1.54) is 25.7 Å². The lowest BCUT2D eigenvalue weighted by atomic mass is 9.99. The van der Waals surface area contributed by atoms with Crippen molar-refractivity contribution in [1.29, 1.82) is 0 Å². The van der Waals surface area contributed by atoms with Crippen LogP contribution in [0.25, 0.3) is 0 Å². The number of hydrogen-bond acceptors (Lipinski definition) is 2. The topological polar surface area (TPSA) is 18.5 Å². The van der Waals surface area contributed by atoms with E-state index >= 15 is 0 Å². The Balaban J connectivity index is 2.33. The summed E-state index contributed by atoms with van der Waals surface area (Å²) in [6.07, 6.45) is 6.19. The Hall–Kier alpha value is -0.0800. The molecular weight excluding hydrogens is 140 g/mol. The Morgan fingerprint density at radius 3 is 2.36 bits per heavy atom. The third-order valence-corrected chi connectivity index (χ3v) is 2.64. The second-order valence-electron chi connectivity index (χ2n) is 3.29. The first kappa shape index (κ1) is 9.01. The van der Waals surface area contributed by atoms with Crippen molar-refractivity contribution in [3.05, 3.63) is 0 Å². The van der Waals surface area contributed by atoms with Crippen LogP contribution in [0.2, 0.25) is 0 Å². The van der Waals surface area contributed by atoms with E-state index in [9.17, 15) is 0 Å². The van der Waals surface area contributed by atoms with Gasteiger partial charge in [0, 0.05) is 7.11 Å². The fourth-order valence-corrected chi connectivity index (χ4v) is 1.80. The smallest absolute Gasteiger partial charge is 0.147 e. The molecule has 0 aromatic carbocycles. The molecule has 0 aromatic rings. The van der Waals surface area contributed by atoms with Crippen LogP contribution in [0.5, 0.6) is 0 Å². The van der Waals surface area contributed by atoms with Crippen LogP contribution in [0, 0.1) is 0 Å². The summed E-state index contributed by atoms with van der Waals surface area (Å²) in [6, 6.07) is 0. The lowest BCUT2D eigenvalue weighted by Gasteiger charge is -2.27. The van der Waals surface area contributed by atoms with Gasteiger partial charge in [0.1, 0.15) is 6.79 Å². The first-order valence-corrected chi connectivity index (χ1v) is 4.46. The van der Waals surface area contributed by atoms with E-state index in [0.29, 0.717) is 6.79 Å². The maximum Gasteiger partial charge on any atom is 0.147 e. The number of methoxy groups -OCH3 is 1. The third kappa shape index (κ3) is 2.17. The van der Waals surface area contributed by atoms with E-state index in [2.05, 4.69) is 6.92 Å². The molecule has 0 aliphatic heterocycles. The second-order valence-corrected chi connectivity index (χ2v) is 3.29. The number of rotatable bonds is 4. The maximum absolute atomic E-state index is 5.67. The fourth-order valence-electron chi connectivity index (χ4n) is 1.80. The molecule has 0 unspecified atom stereocenters. The van der Waals surface area contributed by atoms with Gasteiger partial charge >= 0.3 is 0 Å². The van der Waals surface area contributed by atoms with Gasteiger partial charge in [-0.3, -0.25) is 0 Å². The summed E-state index contributed by atoms with van der Waals surface area (Å²) in [5.41, 5.74) is 0.163. The number of ether oxygens (including phenoxy) is 2. The second kappa shape index (κ2) is 4.07. The lowest BCUT2D eigenvalue weighted by Crippen LogP contribution is -2.28. The van der Waals surface area contributed by atoms with Crippen molar-refractivity contribution in [3.63, 3.8) is 0 Å². The SMILES string of the molecule is CCC1(OCOC)CCCC1. The summed E-state index contributed by atoms with van der Waals surface area (Å²) >= 11 is 0. The van der Waals surface area contributed by atoms with Crippen molar-refractivity contribution in [3.8, 4) is 0 Å². The van der Waals surface area contributed by atoms with Crippen molar-refractivity contribution in [2.24, 2.45) is 0 Å². The molecule has 11 heavy (non-hydrogen) atoms. The van der Waals surface area contributed by atoms with Crippen molar-refractivity contribution in [2.45, 2.75) is 44.6 Å². The Morgan fingerprint density at radius 2 is 1.91 bits per heavy atom. The molecule has 0 amide bonds. The predicted octanol–water partition coefficient (Wildman–Crippen LogP) is 2.33. The average molecular weight is 158 g/mol. The van der Waals surface area contributed by atoms with E-state index in [1.54, 1.807) is 7.11 Å². The van der Waals surface area contributed by atoms with E-state index in [0.717, 1.165) is 6.42 Å². The number of hydrogen-bond donors (Lipinski definition) is 0. The van der Waals surface area contributed by atoms with Crippen molar-refractivity contribution in [1.82, 2.24) is 0 Å². The molecule has 0 spiro atoms. The Bertz CT molecular complexity index is 106. The van der Waals surface area contributed by atoms with E-state index in [-0.39, 0.29) is 5.60 Å². The van der Waals surface area contributed by atoms with E-state index in [4.69, 9.17) is 9.47 Å². The molecule has 0 bridgehead atoms. The van der Waals surface area contributed by atoms with Crippen LogP contribution in [0.3, 0.4) is 0 Å². The molecule has 0 N–H and O–H groups in total. The minimum absolute atomic E-state index is 0.163. The minimum atomic E-state index is 0.163. The van der Waals surface area contributed by atoms with Crippen LogP contribution in [0.15, 0.2) is 0 Å². The monoisotopic (exact) mass is 158 g/mol. The quantitative estimate of drug-likeness (QED) is 0.585. The molecular formula is C9H18O2. The van der Waals surface area contributed by atoms with Gasteiger partial charge in [0.15, 0.2) is 0 Å². The van der Waals surface area contributed by atoms with Gasteiger partial charge in [-0.15, -0.1) is 0 Å². The van der Waals surface area contributed by atoms with Gasteiger partial charge in [0.2, 0.25) is 0 Å². The molecule has 1 saturated carbocycles. The Kier molecular flexibility index (Phi) is 3.34. The summed E-state index contributed by atoms with van der Waals surface area (Å²) in [4.78, 5) is 0. The summed E-state index contributed by atoms with van der Waals surface area (Å²) in [5.74, 6) is 0. The van der Waals surface area contributed by atoms with Crippen LogP contribution >= 0.6 is 0 Å². The molecule has 0 radical (unpaired) electrons. The highest BCUT2D eigenvalue weighted by molar-refractivity contribution is 4.84. The lowest BCUT2D eigenvalue weighted by molar-refractivity contribution is -0.129. The molecule has 1 rings (SSSR count). The zero-order valence-corrected chi connectivity index (χ0v) is 7.56. The highest BCUT2D eigenvalue weighted by Gasteiger charge is 2.32. The molecule has 0 heterocycles. The zero-order chi connectivity index (χ0) is 8.16. The molecule has 0 saturated heterocycles. The first-order valence-electron chi connectivity index (χ1n) is 4.46. The van der Waals surface area contributed by atoms with E-state index < -0.39 is 0 Å². The third-order valence-electron chi connectivity index (χ3n) is 2.64. The Morgan fingerprint density at radius 1 is 1.27 bits per heavy atom. The van der Waals surface area contributed by atoms with Crippen LogP contribution in [0.1, 0.15) is 39.0 Å². The summed E-state index contributed by atoms with van der Waals surface area (Å²) in [6.45, 7) is 2.65. The normalized spacial score (nSPS) is 22.4. The summed E-state index contributed by atoms with van der Waals surface area (Å²) in [7, 11) is 1.68. The first-order chi connectivity index (χ1) is 5.33. The van der Waals surface area contributed by atoms with Gasteiger partial charge < -0.3 is 9.47 Å². The maximum atomic E-state index is 5.67. The molecule has 1 aliphatic rings. The van der Waals surface area contributed by atoms with Gasteiger partial charge in [-0.1, -0.05) is 19.8 Å². The van der Waals surface area contributed by atoms with Gasteiger partial charge in [-0.25, -0.2) is 0 Å². The fraction of sp³-hybridized carbons (Fsp3) is 1.00. The van der Waals surface area contributed by atoms with Crippen LogP contribution in [-0.4, -0.2) is 19.5 Å². The Labute approximate surface area is 68.9 Å². The highest BCUT2D eigenvalue weighted by atomic mass is 16.7. The van der Waals surface area contributed by atoms with Crippen molar-refractivity contribution >= 4 is 0 Å². The molecule has 1 aliphatic carbocycles. The predicted molar refractivity (Wildman–Crippen MR) is 44.5 cm³/mol. The summed E-state index contributed by atoms with van der Waals surface area (Å²) in [5, 5.41) is 0. The highest BCUT2D eigenvalue weighted by Crippen LogP contribution is 2.35. The minimum Gasteiger partial charge on any atom is -0.359 e. The van der Waals surface area contributed by atoms with Crippen LogP contribution in [-0.2, 0) is 9.47 Å². The van der Waals surface area contributed by atoms with Gasteiger partial charge in [0.25, 0.3) is 0 Å². The molecule has 0 atom stereocenters. The summed E-state index contributed by atoms with van der Waals surface area (Å²) < 4.78 is 10.6. The van der Waals surface area contributed by atoms with Gasteiger partial charge in [-0.05, 0) is 19.3 Å². The molecule has 66 valence electrons. The van der Waals surface area contributed by atoms with Crippen LogP contribution < -0.4 is 0 Å². The molecule has 2 heteroatoms. The zero-order valence-electron chi connectivity index (χ0n) is 7.56. The van der Waals surface area contributed by atoms with Crippen molar-refractivity contribution in [2.75, 3.05) is 13.9 Å². The average Bonchev–Trinajstić information content (AvgIpc) is 2.50. The largest absolute Gasteiger partial charge is 0.359 e. The van der Waals surface area contributed by atoms with Crippen molar-refractivity contribution < 1.29 is 9.47 Å². The standard InChI is InChI=1S/C9H18O2/c1-3-9(11-8-10-2)6-4-5-7-9/h3-8H2,1-2H3.